The lowest BCUT2D eigenvalue weighted by atomic mass is 10.0. The van der Waals surface area contributed by atoms with E-state index in [9.17, 15) is 9.59 Å². The molecular weight excluding hydrogens is 336 g/mol. The van der Waals surface area contributed by atoms with Crippen molar-refractivity contribution in [1.29, 1.82) is 0 Å². The number of thioether (sulfide) groups is 1. The number of amides is 2. The summed E-state index contributed by atoms with van der Waals surface area (Å²) in [5, 5.41) is 6.31. The first kappa shape index (κ1) is 18.1. The van der Waals surface area contributed by atoms with Gasteiger partial charge in [0.15, 0.2) is 0 Å². The Morgan fingerprint density at radius 1 is 1.32 bits per heavy atom. The van der Waals surface area contributed by atoms with E-state index in [1.54, 1.807) is 11.8 Å². The van der Waals surface area contributed by atoms with Crippen molar-refractivity contribution in [2.45, 2.75) is 12.5 Å². The van der Waals surface area contributed by atoms with Gasteiger partial charge in [0.2, 0.25) is 5.91 Å². The number of hydrogen-bond acceptors (Lipinski definition) is 5. The zero-order valence-electron chi connectivity index (χ0n) is 14.8. The molecule has 2 heterocycles. The van der Waals surface area contributed by atoms with Gasteiger partial charge in [-0.25, -0.2) is 0 Å². The number of carbonyl (C=O) groups excluding carboxylic acids is 2. The van der Waals surface area contributed by atoms with Gasteiger partial charge < -0.3 is 20.4 Å². The molecule has 7 heteroatoms. The number of nitrogens with one attached hydrogen (secondary N) is 2. The third kappa shape index (κ3) is 4.46. The van der Waals surface area contributed by atoms with Crippen molar-refractivity contribution in [3.05, 3.63) is 29.8 Å². The lowest BCUT2D eigenvalue weighted by Gasteiger charge is -2.19. The molecule has 0 radical (unpaired) electrons. The van der Waals surface area contributed by atoms with Crippen LogP contribution in [0.15, 0.2) is 24.3 Å². The van der Waals surface area contributed by atoms with Crippen molar-refractivity contribution in [2.24, 2.45) is 5.92 Å². The first-order chi connectivity index (χ1) is 12.0. The first-order valence-corrected chi connectivity index (χ1v) is 9.85. The molecule has 0 spiro atoms. The third-order valence-electron chi connectivity index (χ3n) is 4.78. The molecule has 2 atom stereocenters. The molecule has 2 fully saturated rings. The predicted octanol–water partition coefficient (Wildman–Crippen LogP) is 0.993. The monoisotopic (exact) mass is 362 g/mol. The van der Waals surface area contributed by atoms with Gasteiger partial charge >= 0.3 is 0 Å². The van der Waals surface area contributed by atoms with Gasteiger partial charge in [-0.1, -0.05) is 0 Å². The van der Waals surface area contributed by atoms with E-state index in [1.165, 1.54) is 0 Å². The molecule has 2 saturated heterocycles. The van der Waals surface area contributed by atoms with Gasteiger partial charge in [-0.15, -0.1) is 11.8 Å². The molecule has 2 aliphatic rings. The Labute approximate surface area is 153 Å². The normalized spacial score (nSPS) is 22.9. The van der Waals surface area contributed by atoms with Crippen molar-refractivity contribution < 1.29 is 9.59 Å². The molecule has 25 heavy (non-hydrogen) atoms. The number of carbonyl (C=O) groups is 2. The highest BCUT2D eigenvalue weighted by Gasteiger charge is 2.33. The van der Waals surface area contributed by atoms with Crippen LogP contribution in [-0.4, -0.2) is 68.1 Å². The third-order valence-corrected chi connectivity index (χ3v) is 5.75. The molecule has 0 bridgehead atoms. The summed E-state index contributed by atoms with van der Waals surface area (Å²) in [6.45, 7) is 2.23. The van der Waals surface area contributed by atoms with Crippen LogP contribution in [0.5, 0.6) is 0 Å². The maximum atomic E-state index is 12.4. The minimum atomic E-state index is -0.0972. The molecule has 3 rings (SSSR count). The van der Waals surface area contributed by atoms with Crippen molar-refractivity contribution in [3.63, 3.8) is 0 Å². The van der Waals surface area contributed by atoms with Gasteiger partial charge in [-0.2, -0.15) is 0 Å². The van der Waals surface area contributed by atoms with Crippen LogP contribution in [-0.2, 0) is 4.79 Å². The van der Waals surface area contributed by atoms with Crippen LogP contribution in [0.3, 0.4) is 0 Å². The molecule has 0 saturated carbocycles. The Kier molecular flexibility index (Phi) is 5.86. The average molecular weight is 362 g/mol. The Morgan fingerprint density at radius 2 is 2.08 bits per heavy atom. The zero-order valence-corrected chi connectivity index (χ0v) is 15.6. The smallest absolute Gasteiger partial charge is 0.251 e. The van der Waals surface area contributed by atoms with Crippen LogP contribution < -0.4 is 15.5 Å². The van der Waals surface area contributed by atoms with Crippen molar-refractivity contribution >= 4 is 29.3 Å². The molecule has 2 N–H and O–H groups in total. The first-order valence-electron chi connectivity index (χ1n) is 8.70. The number of benzene rings is 1. The fraction of sp³-hybridized carbons (Fsp3) is 0.556. The molecule has 1 aromatic rings. The molecule has 1 aromatic carbocycles. The van der Waals surface area contributed by atoms with E-state index in [-0.39, 0.29) is 17.9 Å². The Morgan fingerprint density at radius 3 is 2.72 bits per heavy atom. The van der Waals surface area contributed by atoms with E-state index in [1.807, 2.05) is 48.2 Å². The zero-order chi connectivity index (χ0) is 17.8. The fourth-order valence-electron chi connectivity index (χ4n) is 3.21. The van der Waals surface area contributed by atoms with Crippen molar-refractivity contribution in [2.75, 3.05) is 50.3 Å². The molecule has 2 amide bonds. The summed E-state index contributed by atoms with van der Waals surface area (Å²) in [6.07, 6.45) is 0.792. The Balaban J connectivity index is 1.45. The number of anilines is 1. The van der Waals surface area contributed by atoms with Crippen molar-refractivity contribution in [1.82, 2.24) is 15.5 Å². The Hall–Kier alpha value is -1.73. The summed E-state index contributed by atoms with van der Waals surface area (Å²) < 4.78 is 0. The van der Waals surface area contributed by atoms with E-state index in [2.05, 4.69) is 10.6 Å². The van der Waals surface area contributed by atoms with Crippen LogP contribution in [0.25, 0.3) is 0 Å². The standard InChI is InChI=1S/C18H26N4O2S/c1-21(2)15-5-3-14(4-6-15)17(23)20-11-13-9-16(19-10-13)18(24)22-7-8-25-12-22/h3-6,13,16,19H,7-12H2,1-2H3,(H,20,23). The van der Waals surface area contributed by atoms with Crippen LogP contribution in [0.1, 0.15) is 16.8 Å². The van der Waals surface area contributed by atoms with Crippen LogP contribution in [0.2, 0.25) is 0 Å². The summed E-state index contributed by atoms with van der Waals surface area (Å²) in [5.74, 6) is 2.29. The second kappa shape index (κ2) is 8.10. The maximum Gasteiger partial charge on any atom is 0.251 e. The summed E-state index contributed by atoms with van der Waals surface area (Å²) in [6, 6.07) is 7.47. The minimum absolute atomic E-state index is 0.0592. The van der Waals surface area contributed by atoms with Gasteiger partial charge in [-0.05, 0) is 36.6 Å². The van der Waals surface area contributed by atoms with E-state index in [0.717, 1.165) is 36.8 Å². The van der Waals surface area contributed by atoms with E-state index >= 15 is 0 Å². The maximum absolute atomic E-state index is 12.4. The van der Waals surface area contributed by atoms with Gasteiger partial charge in [-0.3, -0.25) is 9.59 Å². The summed E-state index contributed by atoms with van der Waals surface area (Å²) in [5.41, 5.74) is 1.73. The summed E-state index contributed by atoms with van der Waals surface area (Å²) in [7, 11) is 3.95. The highest BCUT2D eigenvalue weighted by molar-refractivity contribution is 7.99. The lowest BCUT2D eigenvalue weighted by molar-refractivity contribution is -0.131. The molecular formula is C18H26N4O2S. The molecule has 6 nitrogen and oxygen atoms in total. The molecule has 2 unspecified atom stereocenters. The lowest BCUT2D eigenvalue weighted by Crippen LogP contribution is -2.42. The quantitative estimate of drug-likeness (QED) is 0.818. The molecule has 0 aromatic heterocycles. The number of hydrogen-bond donors (Lipinski definition) is 2. The van der Waals surface area contributed by atoms with Crippen LogP contribution >= 0.6 is 11.8 Å². The summed E-state index contributed by atoms with van der Waals surface area (Å²) >= 11 is 1.80. The fourth-order valence-corrected chi connectivity index (χ4v) is 4.17. The van der Waals surface area contributed by atoms with E-state index in [0.29, 0.717) is 18.0 Å². The minimum Gasteiger partial charge on any atom is -0.378 e. The van der Waals surface area contributed by atoms with Gasteiger partial charge in [0, 0.05) is 50.7 Å². The second-order valence-corrected chi connectivity index (χ2v) is 7.93. The summed E-state index contributed by atoms with van der Waals surface area (Å²) in [4.78, 5) is 28.6. The van der Waals surface area contributed by atoms with Crippen LogP contribution in [0.4, 0.5) is 5.69 Å². The molecule has 136 valence electrons. The van der Waals surface area contributed by atoms with E-state index in [4.69, 9.17) is 0 Å². The average Bonchev–Trinajstić information content (AvgIpc) is 3.31. The number of nitrogens with zero attached hydrogens (tertiary/aromatic N) is 2. The molecule has 2 aliphatic heterocycles. The second-order valence-electron chi connectivity index (χ2n) is 6.85. The SMILES string of the molecule is CN(C)c1ccc(C(=O)NCC2CNC(C(=O)N3CCSC3)C2)cc1. The largest absolute Gasteiger partial charge is 0.378 e. The molecule has 0 aliphatic carbocycles. The van der Waals surface area contributed by atoms with Gasteiger partial charge in [0.25, 0.3) is 5.91 Å². The predicted molar refractivity (Wildman–Crippen MR) is 102 cm³/mol. The van der Waals surface area contributed by atoms with Crippen LogP contribution in [0, 0.1) is 5.92 Å². The van der Waals surface area contributed by atoms with E-state index < -0.39 is 0 Å². The van der Waals surface area contributed by atoms with Crippen molar-refractivity contribution in [3.8, 4) is 0 Å². The highest BCUT2D eigenvalue weighted by Crippen LogP contribution is 2.20. The number of rotatable bonds is 5. The highest BCUT2D eigenvalue weighted by atomic mass is 32.2. The topological polar surface area (TPSA) is 64.7 Å². The Bertz CT molecular complexity index is 614. The van der Waals surface area contributed by atoms with Gasteiger partial charge in [0.1, 0.15) is 0 Å². The van der Waals surface area contributed by atoms with Gasteiger partial charge in [0.05, 0.1) is 11.9 Å².